The highest BCUT2D eigenvalue weighted by Gasteiger charge is 2.29. The number of sulfone groups is 1. The number of rotatable bonds is 5. The summed E-state index contributed by atoms with van der Waals surface area (Å²) >= 11 is 5.96. The first-order chi connectivity index (χ1) is 15.4. The van der Waals surface area contributed by atoms with Gasteiger partial charge in [-0.1, -0.05) is 11.6 Å². The molecule has 32 heavy (non-hydrogen) atoms. The number of H-pyrrole nitrogens is 1. The number of aromatic amines is 1. The SMILES string of the molecule is O=C(CCS(=O)(=O)c1nc2ccc(Cl)cc2[nH]1)N1CCC(c2cnc3n2CCCC3)CC1. The maximum absolute atomic E-state index is 12.7. The fourth-order valence-electron chi connectivity index (χ4n) is 4.77. The van der Waals surface area contributed by atoms with Gasteiger partial charge in [-0.2, -0.15) is 0 Å². The first-order valence-electron chi connectivity index (χ1n) is 11.1. The average Bonchev–Trinajstić information content (AvgIpc) is 3.42. The number of benzene rings is 1. The standard InChI is InChI=1S/C22H26ClN5O3S/c23-16-4-5-17-18(13-16)26-22(25-17)32(30,31)12-8-21(29)27-10-6-15(7-11-27)19-14-24-20-3-1-2-9-28(19)20/h4-5,13-15H,1-3,6-12H2,(H,25,26). The van der Waals surface area contributed by atoms with Crippen molar-refractivity contribution in [3.63, 3.8) is 0 Å². The zero-order valence-electron chi connectivity index (χ0n) is 17.8. The third-order valence-corrected chi connectivity index (χ3v) is 8.33. The van der Waals surface area contributed by atoms with Crippen LogP contribution in [0.3, 0.4) is 0 Å². The van der Waals surface area contributed by atoms with Crippen LogP contribution in [0.15, 0.2) is 29.6 Å². The molecule has 0 spiro atoms. The minimum absolute atomic E-state index is 0.0487. The molecular weight excluding hydrogens is 450 g/mol. The van der Waals surface area contributed by atoms with Gasteiger partial charge in [0.25, 0.3) is 0 Å². The highest BCUT2D eigenvalue weighted by Crippen LogP contribution is 2.31. The summed E-state index contributed by atoms with van der Waals surface area (Å²) in [5.74, 6) is 1.20. The van der Waals surface area contributed by atoms with Crippen molar-refractivity contribution in [2.75, 3.05) is 18.8 Å². The van der Waals surface area contributed by atoms with Gasteiger partial charge >= 0.3 is 0 Å². The molecule has 10 heteroatoms. The number of hydrogen-bond donors (Lipinski definition) is 1. The number of piperidine rings is 1. The number of likely N-dealkylation sites (tertiary alicyclic amines) is 1. The number of amides is 1. The number of nitrogens with zero attached hydrogens (tertiary/aromatic N) is 4. The quantitative estimate of drug-likeness (QED) is 0.610. The number of aryl methyl sites for hydroxylation is 1. The maximum atomic E-state index is 12.7. The van der Waals surface area contributed by atoms with E-state index in [1.807, 2.05) is 6.20 Å². The zero-order valence-corrected chi connectivity index (χ0v) is 19.3. The number of hydrogen-bond acceptors (Lipinski definition) is 5. The highest BCUT2D eigenvalue weighted by atomic mass is 35.5. The predicted molar refractivity (Wildman–Crippen MR) is 121 cm³/mol. The first-order valence-corrected chi connectivity index (χ1v) is 13.1. The fraction of sp³-hybridized carbons (Fsp3) is 0.500. The summed E-state index contributed by atoms with van der Waals surface area (Å²) in [4.78, 5) is 26.1. The number of carbonyl (C=O) groups excluding carboxylic acids is 1. The van der Waals surface area contributed by atoms with Crippen molar-refractivity contribution in [3.8, 4) is 0 Å². The topological polar surface area (TPSA) is 101 Å². The summed E-state index contributed by atoms with van der Waals surface area (Å²) < 4.78 is 27.8. The molecule has 170 valence electrons. The Morgan fingerprint density at radius 2 is 2.00 bits per heavy atom. The Balaban J connectivity index is 1.18. The smallest absolute Gasteiger partial charge is 0.226 e. The number of aromatic nitrogens is 4. The van der Waals surface area contributed by atoms with Crippen molar-refractivity contribution in [2.45, 2.75) is 56.1 Å². The molecule has 1 N–H and O–H groups in total. The third kappa shape index (κ3) is 4.15. The number of fused-ring (bicyclic) bond motifs is 2. The number of halogens is 1. The largest absolute Gasteiger partial charge is 0.343 e. The Hall–Kier alpha value is -2.39. The molecule has 0 aliphatic carbocycles. The summed E-state index contributed by atoms with van der Waals surface area (Å²) in [5.41, 5.74) is 2.38. The van der Waals surface area contributed by atoms with Gasteiger partial charge in [-0.15, -0.1) is 0 Å². The lowest BCUT2D eigenvalue weighted by Gasteiger charge is -2.33. The second-order valence-electron chi connectivity index (χ2n) is 8.64. The van der Waals surface area contributed by atoms with E-state index in [0.29, 0.717) is 35.1 Å². The average molecular weight is 476 g/mol. The molecule has 2 aliphatic heterocycles. The van der Waals surface area contributed by atoms with Crippen LogP contribution in [-0.2, 0) is 27.6 Å². The van der Waals surface area contributed by atoms with Crippen LogP contribution in [0.25, 0.3) is 11.0 Å². The Kier molecular flexibility index (Phi) is 5.71. The molecule has 0 bridgehead atoms. The van der Waals surface area contributed by atoms with E-state index in [-0.39, 0.29) is 23.2 Å². The lowest BCUT2D eigenvalue weighted by Crippen LogP contribution is -2.39. The molecule has 0 saturated carbocycles. The van der Waals surface area contributed by atoms with Gasteiger partial charge < -0.3 is 14.5 Å². The summed E-state index contributed by atoms with van der Waals surface area (Å²) in [6.45, 7) is 2.33. The van der Waals surface area contributed by atoms with Gasteiger partial charge in [-0.25, -0.2) is 18.4 Å². The minimum atomic E-state index is -3.69. The van der Waals surface area contributed by atoms with Gasteiger partial charge in [0.1, 0.15) is 5.82 Å². The van der Waals surface area contributed by atoms with E-state index in [9.17, 15) is 13.2 Å². The van der Waals surface area contributed by atoms with Crippen molar-refractivity contribution in [3.05, 3.63) is 40.9 Å². The van der Waals surface area contributed by atoms with Crippen LogP contribution in [0.1, 0.15) is 49.5 Å². The lowest BCUT2D eigenvalue weighted by molar-refractivity contribution is -0.131. The third-order valence-electron chi connectivity index (χ3n) is 6.57. The summed E-state index contributed by atoms with van der Waals surface area (Å²) in [6.07, 6.45) is 7.17. The summed E-state index contributed by atoms with van der Waals surface area (Å²) in [6, 6.07) is 4.96. The second-order valence-corrected chi connectivity index (χ2v) is 11.1. The van der Waals surface area contributed by atoms with Gasteiger partial charge in [-0.05, 0) is 43.9 Å². The number of carbonyl (C=O) groups is 1. The molecular formula is C22H26ClN5O3S. The second kappa shape index (κ2) is 8.51. The van der Waals surface area contributed by atoms with Crippen LogP contribution in [0.2, 0.25) is 5.02 Å². The Bertz CT molecular complexity index is 1260. The molecule has 5 rings (SSSR count). The van der Waals surface area contributed by atoms with Crippen LogP contribution < -0.4 is 0 Å². The number of nitrogens with one attached hydrogen (secondary N) is 1. The van der Waals surface area contributed by atoms with Crippen molar-refractivity contribution < 1.29 is 13.2 Å². The molecule has 1 fully saturated rings. The molecule has 0 atom stereocenters. The summed E-state index contributed by atoms with van der Waals surface area (Å²) in [7, 11) is -3.69. The zero-order chi connectivity index (χ0) is 22.3. The fourth-order valence-corrected chi connectivity index (χ4v) is 6.08. The molecule has 4 heterocycles. The van der Waals surface area contributed by atoms with E-state index in [1.54, 1.807) is 23.1 Å². The molecule has 8 nitrogen and oxygen atoms in total. The van der Waals surface area contributed by atoms with Crippen molar-refractivity contribution >= 4 is 38.4 Å². The van der Waals surface area contributed by atoms with E-state index in [1.165, 1.54) is 24.4 Å². The molecule has 0 unspecified atom stereocenters. The molecule has 0 radical (unpaired) electrons. The van der Waals surface area contributed by atoms with Crippen LogP contribution in [0.4, 0.5) is 0 Å². The van der Waals surface area contributed by atoms with Crippen LogP contribution >= 0.6 is 11.6 Å². The van der Waals surface area contributed by atoms with E-state index >= 15 is 0 Å². The van der Waals surface area contributed by atoms with E-state index in [4.69, 9.17) is 11.6 Å². The molecule has 1 amide bonds. The van der Waals surface area contributed by atoms with Gasteiger partial charge in [0.15, 0.2) is 0 Å². The van der Waals surface area contributed by atoms with Gasteiger partial charge in [0.05, 0.1) is 16.8 Å². The van der Waals surface area contributed by atoms with Crippen molar-refractivity contribution in [1.82, 2.24) is 24.4 Å². The highest BCUT2D eigenvalue weighted by molar-refractivity contribution is 7.91. The Labute approximate surface area is 191 Å². The summed E-state index contributed by atoms with van der Waals surface area (Å²) in [5, 5.41) is 0.381. The molecule has 1 saturated heterocycles. The monoisotopic (exact) mass is 475 g/mol. The number of imidazole rings is 2. The van der Waals surface area contributed by atoms with E-state index in [0.717, 1.165) is 25.8 Å². The van der Waals surface area contributed by atoms with E-state index < -0.39 is 9.84 Å². The predicted octanol–water partition coefficient (Wildman–Crippen LogP) is 3.32. The van der Waals surface area contributed by atoms with Gasteiger partial charge in [-0.3, -0.25) is 4.79 Å². The van der Waals surface area contributed by atoms with Crippen molar-refractivity contribution in [1.29, 1.82) is 0 Å². The maximum Gasteiger partial charge on any atom is 0.226 e. The van der Waals surface area contributed by atoms with E-state index in [2.05, 4.69) is 19.5 Å². The van der Waals surface area contributed by atoms with Crippen LogP contribution in [-0.4, -0.2) is 57.6 Å². The first kappa shape index (κ1) is 21.5. The molecule has 1 aromatic carbocycles. The Morgan fingerprint density at radius 3 is 2.81 bits per heavy atom. The minimum Gasteiger partial charge on any atom is -0.343 e. The van der Waals surface area contributed by atoms with Gasteiger partial charge in [0, 0.05) is 55.3 Å². The Morgan fingerprint density at radius 1 is 1.19 bits per heavy atom. The molecule has 3 aromatic rings. The molecule has 2 aliphatic rings. The van der Waals surface area contributed by atoms with Gasteiger partial charge in [0.2, 0.25) is 20.9 Å². The van der Waals surface area contributed by atoms with Crippen LogP contribution in [0, 0.1) is 0 Å². The normalized spacial score (nSPS) is 17.6. The van der Waals surface area contributed by atoms with Crippen molar-refractivity contribution in [2.24, 2.45) is 0 Å². The lowest BCUT2D eigenvalue weighted by atomic mass is 9.93. The van der Waals surface area contributed by atoms with Crippen LogP contribution in [0.5, 0.6) is 0 Å². The molecule has 2 aromatic heterocycles.